The van der Waals surface area contributed by atoms with E-state index in [1.807, 2.05) is 18.2 Å². The van der Waals surface area contributed by atoms with Gasteiger partial charge in [0.15, 0.2) is 0 Å². The van der Waals surface area contributed by atoms with Crippen LogP contribution < -0.4 is 20.7 Å². The lowest BCUT2D eigenvalue weighted by Crippen LogP contribution is -2.28. The number of anilines is 2. The average molecular weight is 383 g/mol. The molecule has 0 radical (unpaired) electrons. The fourth-order valence-corrected chi connectivity index (χ4v) is 2.80. The molecule has 3 N–H and O–H groups in total. The van der Waals surface area contributed by atoms with Gasteiger partial charge in [-0.1, -0.05) is 29.5 Å². The molecule has 0 unspecified atom stereocenters. The van der Waals surface area contributed by atoms with Gasteiger partial charge in [0.25, 0.3) is 5.91 Å². The molecule has 3 aromatic rings. The molecule has 138 valence electrons. The quantitative estimate of drug-likeness (QED) is 0.606. The first-order chi connectivity index (χ1) is 13.1. The van der Waals surface area contributed by atoms with Crippen LogP contribution in [-0.4, -0.2) is 29.2 Å². The van der Waals surface area contributed by atoms with Crippen LogP contribution in [0, 0.1) is 0 Å². The third-order valence-corrected chi connectivity index (χ3v) is 4.36. The van der Waals surface area contributed by atoms with E-state index in [0.717, 1.165) is 11.3 Å². The molecule has 1 heterocycles. The van der Waals surface area contributed by atoms with Gasteiger partial charge in [-0.05, 0) is 36.4 Å². The van der Waals surface area contributed by atoms with Crippen molar-refractivity contribution in [3.63, 3.8) is 0 Å². The molecule has 0 spiro atoms. The highest BCUT2D eigenvalue weighted by Crippen LogP contribution is 2.17. The Kier molecular flexibility index (Phi) is 5.95. The Morgan fingerprint density at radius 1 is 0.963 bits per heavy atom. The van der Waals surface area contributed by atoms with Crippen LogP contribution in [0.4, 0.5) is 16.2 Å². The number of nitrogens with one attached hydrogen (secondary N) is 3. The molecule has 3 rings (SSSR count). The number of ether oxygens (including phenoxy) is 1. The number of carbonyl (C=O) groups is 2. The maximum atomic E-state index is 12.2. The van der Waals surface area contributed by atoms with Crippen molar-refractivity contribution in [3.05, 3.63) is 64.6 Å². The van der Waals surface area contributed by atoms with E-state index in [1.54, 1.807) is 43.5 Å². The van der Waals surface area contributed by atoms with Gasteiger partial charge in [-0.2, -0.15) is 0 Å². The second-order valence-electron chi connectivity index (χ2n) is 5.36. The maximum Gasteiger partial charge on any atom is 0.319 e. The number of hydrogen-bond donors (Lipinski definition) is 3. The summed E-state index contributed by atoms with van der Waals surface area (Å²) in [4.78, 5) is 24.1. The van der Waals surface area contributed by atoms with Crippen LogP contribution in [0.25, 0.3) is 0 Å². The number of hydrogen-bond acceptors (Lipinski definition) is 6. The summed E-state index contributed by atoms with van der Waals surface area (Å²) in [5.74, 6) is 0.337. The van der Waals surface area contributed by atoms with Crippen LogP contribution in [0.15, 0.2) is 54.6 Å². The van der Waals surface area contributed by atoms with Gasteiger partial charge in [0.05, 0.1) is 13.7 Å². The van der Waals surface area contributed by atoms with E-state index in [1.165, 1.54) is 0 Å². The summed E-state index contributed by atoms with van der Waals surface area (Å²) in [5, 5.41) is 16.6. The average Bonchev–Trinajstić information content (AvgIpc) is 3.17. The van der Waals surface area contributed by atoms with E-state index < -0.39 is 0 Å². The van der Waals surface area contributed by atoms with Gasteiger partial charge in [-0.3, -0.25) is 4.79 Å². The lowest BCUT2D eigenvalue weighted by Gasteiger charge is -2.05. The van der Waals surface area contributed by atoms with Gasteiger partial charge in [-0.15, -0.1) is 10.2 Å². The van der Waals surface area contributed by atoms with Crippen molar-refractivity contribution in [2.75, 3.05) is 17.7 Å². The number of rotatable bonds is 6. The molecule has 0 fully saturated rings. The van der Waals surface area contributed by atoms with Gasteiger partial charge in [-0.25, -0.2) is 4.79 Å². The molecule has 9 heteroatoms. The molecule has 3 amide bonds. The molecule has 2 aromatic carbocycles. The minimum Gasteiger partial charge on any atom is -0.497 e. The molecule has 0 aliphatic heterocycles. The number of methoxy groups -OCH3 is 1. The topological polar surface area (TPSA) is 105 Å². The Morgan fingerprint density at radius 2 is 1.67 bits per heavy atom. The third kappa shape index (κ3) is 5.25. The van der Waals surface area contributed by atoms with Crippen LogP contribution in [0.3, 0.4) is 0 Å². The molecular weight excluding hydrogens is 366 g/mol. The summed E-state index contributed by atoms with van der Waals surface area (Å²) < 4.78 is 5.07. The Hall–Kier alpha value is -3.46. The van der Waals surface area contributed by atoms with Crippen LogP contribution >= 0.6 is 11.3 Å². The highest BCUT2D eigenvalue weighted by atomic mass is 32.1. The molecule has 0 aliphatic rings. The number of para-hydroxylation sites is 1. The minimum absolute atomic E-state index is 0.173. The Bertz CT molecular complexity index is 912. The predicted molar refractivity (Wildman–Crippen MR) is 103 cm³/mol. The Labute approximate surface area is 159 Å². The normalized spacial score (nSPS) is 10.1. The monoisotopic (exact) mass is 383 g/mol. The second kappa shape index (κ2) is 8.77. The van der Waals surface area contributed by atoms with Crippen molar-refractivity contribution in [2.24, 2.45) is 0 Å². The second-order valence-corrected chi connectivity index (χ2v) is 6.42. The summed E-state index contributed by atoms with van der Waals surface area (Å²) in [6.45, 7) is 0.173. The molecule has 0 saturated carbocycles. The van der Waals surface area contributed by atoms with E-state index in [4.69, 9.17) is 4.74 Å². The van der Waals surface area contributed by atoms with Gasteiger partial charge in [0.2, 0.25) is 5.01 Å². The van der Waals surface area contributed by atoms with Crippen molar-refractivity contribution >= 4 is 34.6 Å². The van der Waals surface area contributed by atoms with Gasteiger partial charge in [0.1, 0.15) is 10.8 Å². The zero-order valence-corrected chi connectivity index (χ0v) is 15.2. The SMILES string of the molecule is COc1ccc(NC(=O)c2nnc(CNC(=O)Nc3ccccc3)s2)cc1. The molecule has 0 atom stereocenters. The number of amides is 3. The van der Waals surface area contributed by atoms with Gasteiger partial charge < -0.3 is 20.7 Å². The number of urea groups is 1. The lowest BCUT2D eigenvalue weighted by atomic mass is 10.3. The number of nitrogens with zero attached hydrogens (tertiary/aromatic N) is 2. The van der Waals surface area contributed by atoms with Crippen LogP contribution in [0.1, 0.15) is 14.8 Å². The van der Waals surface area contributed by atoms with E-state index in [0.29, 0.717) is 22.1 Å². The summed E-state index contributed by atoms with van der Waals surface area (Å²) in [6.07, 6.45) is 0. The summed E-state index contributed by atoms with van der Waals surface area (Å²) in [7, 11) is 1.57. The molecule has 8 nitrogen and oxygen atoms in total. The summed E-state index contributed by atoms with van der Waals surface area (Å²) in [5.41, 5.74) is 1.31. The number of carbonyl (C=O) groups excluding carboxylic acids is 2. The first-order valence-corrected chi connectivity index (χ1v) is 8.83. The lowest BCUT2D eigenvalue weighted by molar-refractivity contribution is 0.102. The van der Waals surface area contributed by atoms with Gasteiger partial charge in [0, 0.05) is 11.4 Å². The summed E-state index contributed by atoms with van der Waals surface area (Å²) >= 11 is 1.11. The molecule has 1 aromatic heterocycles. The zero-order valence-electron chi connectivity index (χ0n) is 14.4. The molecule has 0 saturated heterocycles. The summed E-state index contributed by atoms with van der Waals surface area (Å²) in [6, 6.07) is 15.7. The highest BCUT2D eigenvalue weighted by Gasteiger charge is 2.14. The fourth-order valence-electron chi connectivity index (χ4n) is 2.13. The van der Waals surface area contributed by atoms with Crippen molar-refractivity contribution in [1.82, 2.24) is 15.5 Å². The smallest absolute Gasteiger partial charge is 0.319 e. The first-order valence-electron chi connectivity index (χ1n) is 8.02. The van der Waals surface area contributed by atoms with Crippen LogP contribution in [0.2, 0.25) is 0 Å². The zero-order chi connectivity index (χ0) is 19.1. The largest absolute Gasteiger partial charge is 0.497 e. The van der Waals surface area contributed by atoms with Crippen LogP contribution in [-0.2, 0) is 6.54 Å². The third-order valence-electron chi connectivity index (χ3n) is 3.44. The fraction of sp³-hybridized carbons (Fsp3) is 0.111. The van der Waals surface area contributed by atoms with Crippen LogP contribution in [0.5, 0.6) is 5.75 Å². The number of benzene rings is 2. The highest BCUT2D eigenvalue weighted by molar-refractivity contribution is 7.13. The maximum absolute atomic E-state index is 12.2. The van der Waals surface area contributed by atoms with E-state index in [-0.39, 0.29) is 23.5 Å². The first kappa shape index (κ1) is 18.3. The predicted octanol–water partition coefficient (Wildman–Crippen LogP) is 3.12. The standard InChI is InChI=1S/C18H17N5O3S/c1-26-14-9-7-13(8-10-14)20-16(24)17-23-22-15(27-17)11-19-18(25)21-12-5-3-2-4-6-12/h2-10H,11H2,1H3,(H,20,24)(H2,19,21,25). The number of aromatic nitrogens is 2. The molecule has 27 heavy (non-hydrogen) atoms. The van der Waals surface area contributed by atoms with E-state index >= 15 is 0 Å². The Balaban J connectivity index is 1.51. The molecular formula is C18H17N5O3S. The minimum atomic E-state index is -0.363. The molecule has 0 bridgehead atoms. The van der Waals surface area contributed by atoms with E-state index in [2.05, 4.69) is 26.1 Å². The van der Waals surface area contributed by atoms with Crippen molar-refractivity contribution in [2.45, 2.75) is 6.54 Å². The van der Waals surface area contributed by atoms with E-state index in [9.17, 15) is 9.59 Å². The molecule has 0 aliphatic carbocycles. The van der Waals surface area contributed by atoms with Crippen molar-refractivity contribution in [3.8, 4) is 5.75 Å². The van der Waals surface area contributed by atoms with Crippen molar-refractivity contribution in [1.29, 1.82) is 0 Å². The van der Waals surface area contributed by atoms with Gasteiger partial charge >= 0.3 is 6.03 Å². The van der Waals surface area contributed by atoms with Crippen molar-refractivity contribution < 1.29 is 14.3 Å². The Morgan fingerprint density at radius 3 is 2.37 bits per heavy atom.